The Morgan fingerprint density at radius 1 is 1.42 bits per heavy atom. The van der Waals surface area contributed by atoms with Gasteiger partial charge in [-0.1, -0.05) is 23.4 Å². The van der Waals surface area contributed by atoms with Gasteiger partial charge >= 0.3 is 5.97 Å². The highest BCUT2D eigenvalue weighted by Crippen LogP contribution is 2.31. The molecule has 0 saturated carbocycles. The molecule has 0 atom stereocenters. The van der Waals surface area contributed by atoms with Crippen LogP contribution in [0.4, 0.5) is 0 Å². The number of esters is 1. The fraction of sp³-hybridized carbons (Fsp3) is 0.278. The van der Waals surface area contributed by atoms with Crippen LogP contribution in [0.5, 0.6) is 5.75 Å². The largest absolute Gasteiger partial charge is 0.489 e. The fourth-order valence-corrected chi connectivity index (χ4v) is 3.70. The van der Waals surface area contributed by atoms with E-state index in [9.17, 15) is 9.59 Å². The van der Waals surface area contributed by atoms with Crippen LogP contribution < -0.4 is 4.74 Å². The number of fused-ring (bicyclic) bond motifs is 1. The lowest BCUT2D eigenvalue weighted by atomic mass is 10.2. The van der Waals surface area contributed by atoms with Crippen molar-refractivity contribution in [2.45, 2.75) is 6.92 Å². The van der Waals surface area contributed by atoms with Crippen LogP contribution in [0.1, 0.15) is 6.92 Å². The van der Waals surface area contributed by atoms with E-state index in [0.29, 0.717) is 40.2 Å². The zero-order valence-corrected chi connectivity index (χ0v) is 15.7. The average molecular weight is 393 g/mol. The van der Waals surface area contributed by atoms with Gasteiger partial charge in [-0.15, -0.1) is 0 Å². The van der Waals surface area contributed by atoms with Crippen LogP contribution in [-0.4, -0.2) is 47.3 Å². The Labute approximate surface area is 160 Å². The predicted octanol–water partition coefficient (Wildman–Crippen LogP) is 3.25. The highest BCUT2D eigenvalue weighted by molar-refractivity contribution is 8.04. The van der Waals surface area contributed by atoms with E-state index in [1.807, 2.05) is 12.1 Å². The third-order valence-corrected chi connectivity index (χ3v) is 5.05. The second-order valence-electron chi connectivity index (χ2n) is 5.36. The first kappa shape index (κ1) is 18.5. The van der Waals surface area contributed by atoms with Crippen molar-refractivity contribution in [2.24, 2.45) is 0 Å². The number of aromatic nitrogens is 1. The van der Waals surface area contributed by atoms with Crippen LogP contribution >= 0.6 is 23.4 Å². The van der Waals surface area contributed by atoms with Crippen molar-refractivity contribution in [3.05, 3.63) is 46.6 Å². The van der Waals surface area contributed by atoms with Gasteiger partial charge < -0.3 is 14.4 Å². The van der Waals surface area contributed by atoms with Gasteiger partial charge in [0.2, 0.25) is 5.91 Å². The van der Waals surface area contributed by atoms with E-state index in [1.165, 1.54) is 22.7 Å². The minimum absolute atomic E-state index is 0.0618. The highest BCUT2D eigenvalue weighted by Gasteiger charge is 2.27. The van der Waals surface area contributed by atoms with E-state index in [2.05, 4.69) is 4.98 Å². The Kier molecular flexibility index (Phi) is 6.00. The van der Waals surface area contributed by atoms with Gasteiger partial charge in [0, 0.05) is 11.6 Å². The van der Waals surface area contributed by atoms with Crippen molar-refractivity contribution >= 4 is 46.1 Å². The van der Waals surface area contributed by atoms with E-state index in [1.54, 1.807) is 25.3 Å². The predicted molar refractivity (Wildman–Crippen MR) is 101 cm³/mol. The van der Waals surface area contributed by atoms with Crippen LogP contribution in [0.2, 0.25) is 5.02 Å². The van der Waals surface area contributed by atoms with Gasteiger partial charge in [0.25, 0.3) is 0 Å². The molecule has 0 spiro atoms. The number of amides is 1. The molecule has 1 aromatic carbocycles. The molecule has 136 valence electrons. The number of thioether (sulfide) groups is 1. The van der Waals surface area contributed by atoms with E-state index < -0.39 is 5.97 Å². The standard InChI is InChI=1S/C18H17ClN2O4S/c1-2-24-17(23)10-16-21(15(22)11-26-16)8-9-25-14-6-5-13(19)12-4-3-7-20-18(12)14/h3-7,10H,2,8-9,11H2,1H3/b16-10-. The Hall–Kier alpha value is -2.25. The van der Waals surface area contributed by atoms with Gasteiger partial charge in [-0.2, -0.15) is 0 Å². The van der Waals surface area contributed by atoms with Gasteiger partial charge in [-0.3, -0.25) is 9.78 Å². The van der Waals surface area contributed by atoms with Crippen molar-refractivity contribution in [3.63, 3.8) is 0 Å². The molecule has 2 heterocycles. The molecule has 0 radical (unpaired) electrons. The molecule has 0 unspecified atom stereocenters. The van der Waals surface area contributed by atoms with Crippen LogP contribution in [0.25, 0.3) is 10.9 Å². The normalized spacial score (nSPS) is 15.7. The topological polar surface area (TPSA) is 68.7 Å². The minimum Gasteiger partial charge on any atom is -0.489 e. The van der Waals surface area contributed by atoms with Gasteiger partial charge in [-0.05, 0) is 31.2 Å². The maximum absolute atomic E-state index is 12.1. The molecule has 0 N–H and O–H groups in total. The van der Waals surface area contributed by atoms with E-state index in [0.717, 1.165) is 5.39 Å². The lowest BCUT2D eigenvalue weighted by Gasteiger charge is -2.17. The second-order valence-corrected chi connectivity index (χ2v) is 6.77. The molecule has 0 aliphatic carbocycles. The molecular formula is C18H17ClN2O4S. The summed E-state index contributed by atoms with van der Waals surface area (Å²) in [7, 11) is 0. The van der Waals surface area contributed by atoms with Crippen LogP contribution in [0, 0.1) is 0 Å². The summed E-state index contributed by atoms with van der Waals surface area (Å²) in [5.41, 5.74) is 0.671. The van der Waals surface area contributed by atoms with Gasteiger partial charge in [-0.25, -0.2) is 4.79 Å². The number of halogens is 1. The first-order valence-corrected chi connectivity index (χ1v) is 9.44. The smallest absolute Gasteiger partial charge is 0.333 e. The Bertz CT molecular complexity index is 871. The molecule has 8 heteroatoms. The summed E-state index contributed by atoms with van der Waals surface area (Å²) in [6.07, 6.45) is 3.02. The number of nitrogens with zero attached hydrogens (tertiary/aromatic N) is 2. The average Bonchev–Trinajstić information content (AvgIpc) is 2.97. The second kappa shape index (κ2) is 8.42. The lowest BCUT2D eigenvalue weighted by molar-refractivity contribution is -0.137. The fourth-order valence-electron chi connectivity index (χ4n) is 2.53. The first-order chi connectivity index (χ1) is 12.6. The van der Waals surface area contributed by atoms with Crippen molar-refractivity contribution in [3.8, 4) is 5.75 Å². The van der Waals surface area contributed by atoms with E-state index in [4.69, 9.17) is 21.1 Å². The molecule has 2 aromatic rings. The van der Waals surface area contributed by atoms with Crippen molar-refractivity contribution in [1.29, 1.82) is 0 Å². The Morgan fingerprint density at radius 2 is 2.27 bits per heavy atom. The summed E-state index contributed by atoms with van der Waals surface area (Å²) < 4.78 is 10.7. The van der Waals surface area contributed by atoms with Crippen molar-refractivity contribution in [2.75, 3.05) is 25.5 Å². The lowest BCUT2D eigenvalue weighted by Crippen LogP contribution is -2.29. The maximum atomic E-state index is 12.1. The number of carbonyl (C=O) groups is 2. The Balaban J connectivity index is 1.68. The number of benzene rings is 1. The van der Waals surface area contributed by atoms with Crippen LogP contribution in [-0.2, 0) is 14.3 Å². The molecule has 1 aliphatic heterocycles. The quantitative estimate of drug-likeness (QED) is 0.555. The third kappa shape index (κ3) is 4.11. The summed E-state index contributed by atoms with van der Waals surface area (Å²) in [6.45, 7) is 2.62. The zero-order valence-electron chi connectivity index (χ0n) is 14.1. The van der Waals surface area contributed by atoms with Crippen molar-refractivity contribution in [1.82, 2.24) is 9.88 Å². The summed E-state index contributed by atoms with van der Waals surface area (Å²) in [6, 6.07) is 7.19. The minimum atomic E-state index is -0.455. The van der Waals surface area contributed by atoms with Gasteiger partial charge in [0.15, 0.2) is 0 Å². The number of hydrogen-bond acceptors (Lipinski definition) is 6. The van der Waals surface area contributed by atoms with Crippen LogP contribution in [0.15, 0.2) is 41.6 Å². The SMILES string of the molecule is CCOC(=O)/C=C1\SCC(=O)N1CCOc1ccc(Cl)c2cccnc12. The van der Waals surface area contributed by atoms with Gasteiger partial charge in [0.1, 0.15) is 17.9 Å². The molecule has 26 heavy (non-hydrogen) atoms. The molecule has 1 amide bonds. The number of carbonyl (C=O) groups excluding carboxylic acids is 2. The van der Waals surface area contributed by atoms with Gasteiger partial charge in [0.05, 0.1) is 35.0 Å². The molecule has 1 aliphatic rings. The van der Waals surface area contributed by atoms with Crippen molar-refractivity contribution < 1.29 is 19.1 Å². The molecule has 6 nitrogen and oxygen atoms in total. The molecule has 1 aromatic heterocycles. The third-order valence-electron chi connectivity index (χ3n) is 3.69. The number of pyridine rings is 1. The van der Waals surface area contributed by atoms with Crippen LogP contribution in [0.3, 0.4) is 0 Å². The summed E-state index contributed by atoms with van der Waals surface area (Å²) in [5, 5.41) is 1.99. The molecule has 1 fully saturated rings. The molecule has 1 saturated heterocycles. The monoisotopic (exact) mass is 392 g/mol. The van der Waals surface area contributed by atoms with E-state index in [-0.39, 0.29) is 12.5 Å². The number of rotatable bonds is 6. The highest BCUT2D eigenvalue weighted by atomic mass is 35.5. The molecular weight excluding hydrogens is 376 g/mol. The van der Waals surface area contributed by atoms with E-state index >= 15 is 0 Å². The molecule has 0 bridgehead atoms. The number of ether oxygens (including phenoxy) is 2. The molecule has 3 rings (SSSR count). The zero-order chi connectivity index (χ0) is 18.5. The summed E-state index contributed by atoms with van der Waals surface area (Å²) in [4.78, 5) is 29.5. The number of hydrogen-bond donors (Lipinski definition) is 0. The Morgan fingerprint density at radius 3 is 3.08 bits per heavy atom. The summed E-state index contributed by atoms with van der Waals surface area (Å²) >= 11 is 7.49. The maximum Gasteiger partial charge on any atom is 0.333 e. The summed E-state index contributed by atoms with van der Waals surface area (Å²) in [5.74, 6) is 0.383. The first-order valence-electron chi connectivity index (χ1n) is 8.07.